The average molecular weight is 311 g/mol. The van der Waals surface area contributed by atoms with Crippen LogP contribution < -0.4 is 0 Å². The van der Waals surface area contributed by atoms with Crippen molar-refractivity contribution in [3.63, 3.8) is 0 Å². The molecule has 5 heteroatoms. The lowest BCUT2D eigenvalue weighted by Crippen LogP contribution is -2.44. The van der Waals surface area contributed by atoms with Crippen LogP contribution in [0.4, 0.5) is 0 Å². The Labute approximate surface area is 128 Å². The van der Waals surface area contributed by atoms with E-state index in [1.54, 1.807) is 0 Å². The molecule has 1 aromatic rings. The van der Waals surface area contributed by atoms with E-state index in [1.807, 2.05) is 32.0 Å². The summed E-state index contributed by atoms with van der Waals surface area (Å²) in [4.78, 5) is 0.420. The Morgan fingerprint density at radius 2 is 1.95 bits per heavy atom. The largest absolute Gasteiger partial charge is 0.376 e. The van der Waals surface area contributed by atoms with Crippen molar-refractivity contribution in [3.05, 3.63) is 29.3 Å². The zero-order valence-corrected chi connectivity index (χ0v) is 14.3. The fourth-order valence-electron chi connectivity index (χ4n) is 2.49. The van der Waals surface area contributed by atoms with Gasteiger partial charge in [0.1, 0.15) is 0 Å². The maximum atomic E-state index is 12.9. The second-order valence-electron chi connectivity index (χ2n) is 6.77. The molecule has 0 spiro atoms. The number of aryl methyl sites for hydroxylation is 1. The molecule has 1 fully saturated rings. The van der Waals surface area contributed by atoms with Gasteiger partial charge in [-0.1, -0.05) is 32.9 Å². The van der Waals surface area contributed by atoms with Gasteiger partial charge in [-0.15, -0.1) is 0 Å². The minimum absolute atomic E-state index is 0.0559. The number of hydrogen-bond donors (Lipinski definition) is 0. The van der Waals surface area contributed by atoms with Crippen LogP contribution in [-0.4, -0.2) is 38.5 Å². The molecule has 0 aromatic heterocycles. The van der Waals surface area contributed by atoms with Gasteiger partial charge in [0, 0.05) is 13.1 Å². The highest BCUT2D eigenvalue weighted by molar-refractivity contribution is 7.89. The topological polar surface area (TPSA) is 46.6 Å². The Bertz CT molecular complexity index is 617. The first kappa shape index (κ1) is 16.5. The molecule has 1 aliphatic heterocycles. The standard InChI is InChI=1S/C16H25NO3S/c1-12-6-7-14(16(3,4)5)10-15(12)21(18,19)17-8-9-20-13(2)11-17/h6-7,10,13H,8-9,11H2,1-5H3. The number of benzene rings is 1. The van der Waals surface area contributed by atoms with Gasteiger partial charge in [0.2, 0.25) is 10.0 Å². The number of morpholine rings is 1. The molecule has 0 bridgehead atoms. The molecule has 21 heavy (non-hydrogen) atoms. The van der Waals surface area contributed by atoms with Crippen LogP contribution in [0.1, 0.15) is 38.8 Å². The van der Waals surface area contributed by atoms with Crippen molar-refractivity contribution in [1.82, 2.24) is 4.31 Å². The predicted molar refractivity (Wildman–Crippen MR) is 84.1 cm³/mol. The molecule has 0 amide bonds. The molecule has 2 rings (SSSR count). The van der Waals surface area contributed by atoms with Gasteiger partial charge < -0.3 is 4.74 Å². The summed E-state index contributed by atoms with van der Waals surface area (Å²) in [6.45, 7) is 11.3. The maximum Gasteiger partial charge on any atom is 0.243 e. The van der Waals surface area contributed by atoms with Crippen molar-refractivity contribution < 1.29 is 13.2 Å². The van der Waals surface area contributed by atoms with Gasteiger partial charge in [-0.05, 0) is 36.5 Å². The zero-order valence-electron chi connectivity index (χ0n) is 13.5. The van der Waals surface area contributed by atoms with E-state index in [1.165, 1.54) is 4.31 Å². The van der Waals surface area contributed by atoms with E-state index >= 15 is 0 Å². The Morgan fingerprint density at radius 1 is 1.29 bits per heavy atom. The van der Waals surface area contributed by atoms with Crippen LogP contribution in [0.5, 0.6) is 0 Å². The van der Waals surface area contributed by atoms with E-state index < -0.39 is 10.0 Å². The quantitative estimate of drug-likeness (QED) is 0.843. The molecule has 1 saturated heterocycles. The first-order valence-corrected chi connectivity index (χ1v) is 8.79. The normalized spacial score (nSPS) is 21.5. The highest BCUT2D eigenvalue weighted by atomic mass is 32.2. The van der Waals surface area contributed by atoms with Crippen LogP contribution in [0.25, 0.3) is 0 Å². The van der Waals surface area contributed by atoms with Crippen LogP contribution in [-0.2, 0) is 20.2 Å². The smallest absolute Gasteiger partial charge is 0.243 e. The number of hydrogen-bond acceptors (Lipinski definition) is 3. The van der Waals surface area contributed by atoms with E-state index in [-0.39, 0.29) is 11.5 Å². The number of sulfonamides is 1. The summed E-state index contributed by atoms with van der Waals surface area (Å²) in [6, 6.07) is 5.73. The minimum atomic E-state index is -3.46. The molecular formula is C16H25NO3S. The first-order valence-electron chi connectivity index (χ1n) is 7.35. The van der Waals surface area contributed by atoms with Gasteiger partial charge in [-0.3, -0.25) is 0 Å². The molecule has 0 radical (unpaired) electrons. The van der Waals surface area contributed by atoms with Gasteiger partial charge in [0.05, 0.1) is 17.6 Å². The molecule has 0 N–H and O–H groups in total. The fraction of sp³-hybridized carbons (Fsp3) is 0.625. The summed E-state index contributed by atoms with van der Waals surface area (Å²) in [7, 11) is -3.46. The summed E-state index contributed by atoms with van der Waals surface area (Å²) in [5.41, 5.74) is 1.76. The third-order valence-corrected chi connectivity index (χ3v) is 5.88. The van der Waals surface area contributed by atoms with Crippen molar-refractivity contribution in [2.24, 2.45) is 0 Å². The molecule has 1 aromatic carbocycles. The molecule has 1 atom stereocenters. The molecular weight excluding hydrogens is 286 g/mol. The third kappa shape index (κ3) is 3.47. The fourth-order valence-corrected chi connectivity index (χ4v) is 4.24. The Morgan fingerprint density at radius 3 is 2.52 bits per heavy atom. The second-order valence-corrected chi connectivity index (χ2v) is 8.68. The van der Waals surface area contributed by atoms with Gasteiger partial charge in [-0.25, -0.2) is 8.42 Å². The average Bonchev–Trinajstić information content (AvgIpc) is 2.37. The summed E-state index contributed by atoms with van der Waals surface area (Å²) in [6.07, 6.45) is -0.0559. The highest BCUT2D eigenvalue weighted by Crippen LogP contribution is 2.28. The molecule has 4 nitrogen and oxygen atoms in total. The maximum absolute atomic E-state index is 12.9. The molecule has 118 valence electrons. The summed E-state index contributed by atoms with van der Waals surface area (Å²) in [5, 5.41) is 0. The minimum Gasteiger partial charge on any atom is -0.376 e. The highest BCUT2D eigenvalue weighted by Gasteiger charge is 2.31. The molecule has 1 heterocycles. The van der Waals surface area contributed by atoms with E-state index in [0.717, 1.165) is 11.1 Å². The van der Waals surface area contributed by atoms with Gasteiger partial charge in [-0.2, -0.15) is 4.31 Å². The summed E-state index contributed by atoms with van der Waals surface area (Å²) < 4.78 is 32.8. The van der Waals surface area contributed by atoms with Crippen LogP contribution in [0.2, 0.25) is 0 Å². The lowest BCUT2D eigenvalue weighted by atomic mass is 9.87. The Hall–Kier alpha value is -0.910. The van der Waals surface area contributed by atoms with Crippen molar-refractivity contribution in [3.8, 4) is 0 Å². The lowest BCUT2D eigenvalue weighted by Gasteiger charge is -2.31. The van der Waals surface area contributed by atoms with Gasteiger partial charge in [0.25, 0.3) is 0 Å². The predicted octanol–water partition coefficient (Wildman–Crippen LogP) is 2.70. The Kier molecular flexibility index (Phi) is 4.47. The number of nitrogens with zero attached hydrogens (tertiary/aromatic N) is 1. The molecule has 0 saturated carbocycles. The van der Waals surface area contributed by atoms with E-state index in [4.69, 9.17) is 4.74 Å². The van der Waals surface area contributed by atoms with Crippen LogP contribution in [0.15, 0.2) is 23.1 Å². The first-order chi connectivity index (χ1) is 9.62. The van der Waals surface area contributed by atoms with E-state index in [0.29, 0.717) is 24.6 Å². The van der Waals surface area contributed by atoms with Gasteiger partial charge >= 0.3 is 0 Å². The SMILES string of the molecule is Cc1ccc(C(C)(C)C)cc1S(=O)(=O)N1CCOC(C)C1. The zero-order chi connectivity index (χ0) is 15.8. The van der Waals surface area contributed by atoms with Crippen LogP contribution >= 0.6 is 0 Å². The summed E-state index contributed by atoms with van der Waals surface area (Å²) in [5.74, 6) is 0. The lowest BCUT2D eigenvalue weighted by molar-refractivity contribution is 0.0102. The summed E-state index contributed by atoms with van der Waals surface area (Å²) >= 11 is 0. The molecule has 1 aliphatic rings. The molecule has 0 aliphatic carbocycles. The monoisotopic (exact) mass is 311 g/mol. The van der Waals surface area contributed by atoms with E-state index in [9.17, 15) is 8.42 Å². The van der Waals surface area contributed by atoms with Crippen molar-refractivity contribution in [2.75, 3.05) is 19.7 Å². The van der Waals surface area contributed by atoms with Crippen molar-refractivity contribution in [2.45, 2.75) is 51.0 Å². The number of ether oxygens (including phenoxy) is 1. The van der Waals surface area contributed by atoms with Crippen molar-refractivity contribution in [1.29, 1.82) is 0 Å². The number of rotatable bonds is 2. The van der Waals surface area contributed by atoms with Crippen molar-refractivity contribution >= 4 is 10.0 Å². The van der Waals surface area contributed by atoms with Crippen LogP contribution in [0, 0.1) is 6.92 Å². The molecule has 1 unspecified atom stereocenters. The van der Waals surface area contributed by atoms with Gasteiger partial charge in [0.15, 0.2) is 0 Å². The van der Waals surface area contributed by atoms with E-state index in [2.05, 4.69) is 20.8 Å². The Balaban J connectivity index is 2.44. The second kappa shape index (κ2) is 5.71. The van der Waals surface area contributed by atoms with Crippen LogP contribution in [0.3, 0.4) is 0 Å². The third-order valence-electron chi connectivity index (χ3n) is 3.88.